The van der Waals surface area contributed by atoms with Crippen LogP contribution in [-0.4, -0.2) is 239 Å². The van der Waals surface area contributed by atoms with Crippen LogP contribution in [0.4, 0.5) is 0 Å². The van der Waals surface area contributed by atoms with Crippen molar-refractivity contribution in [2.24, 2.45) is 56.8 Å². The lowest BCUT2D eigenvalue weighted by atomic mass is 9.84. The Kier molecular flexibility index (Phi) is 44.9. The molecule has 12 atom stereocenters. The number of hydrogen-bond donors (Lipinski definition) is 15. The highest BCUT2D eigenvalue weighted by Crippen LogP contribution is 2.32. The maximum absolute atomic E-state index is 15.8. The zero-order chi connectivity index (χ0) is 89.8. The lowest BCUT2D eigenvalue weighted by Crippen LogP contribution is -2.62. The molecule has 3 heterocycles. The summed E-state index contributed by atoms with van der Waals surface area (Å²) in [6.07, 6.45) is 3.61. The Balaban J connectivity index is 1.14. The molecule has 18 N–H and O–H groups in total. The Morgan fingerprint density at radius 2 is 1.11 bits per heavy atom. The van der Waals surface area contributed by atoms with Crippen LogP contribution in [0.5, 0.6) is 0 Å². The van der Waals surface area contributed by atoms with E-state index in [2.05, 4.69) is 84.1 Å². The first kappa shape index (κ1) is 101. The van der Waals surface area contributed by atoms with Crippen molar-refractivity contribution in [2.45, 2.75) is 223 Å². The first-order valence-electron chi connectivity index (χ1n) is 41.7. The highest BCUT2D eigenvalue weighted by atomic mass is 33.1. The molecule has 40 heteroatoms. The van der Waals surface area contributed by atoms with Gasteiger partial charge in [0, 0.05) is 101 Å². The molecule has 0 aliphatic carbocycles. The molecule has 4 aromatic rings. The summed E-state index contributed by atoms with van der Waals surface area (Å²) in [7, 11) is 3.67. The van der Waals surface area contributed by atoms with E-state index in [1.165, 1.54) is 31.3 Å². The highest BCUT2D eigenvalue weighted by molar-refractivity contribution is 8.76. The predicted octanol–water partition coefficient (Wildman–Crippen LogP) is 1.52. The molecule has 0 bridgehead atoms. The second-order valence-corrected chi connectivity index (χ2v) is 33.5. The summed E-state index contributed by atoms with van der Waals surface area (Å²) < 4.78 is 12.4. The number of imidazole rings is 1. The number of nitrogens with zero attached hydrogens (tertiary/aromatic N) is 7. The van der Waals surface area contributed by atoms with Crippen molar-refractivity contribution < 1.29 is 81.7 Å². The normalized spacial score (nSPS) is 15.8. The quantitative estimate of drug-likeness (QED) is 0.0220. The van der Waals surface area contributed by atoms with Crippen molar-refractivity contribution in [3.8, 4) is 0 Å². The molecule has 2 aliphatic rings. The van der Waals surface area contributed by atoms with Crippen LogP contribution >= 0.6 is 21.6 Å². The van der Waals surface area contributed by atoms with Crippen LogP contribution in [0.15, 0.2) is 124 Å². The van der Waals surface area contributed by atoms with Gasteiger partial charge < -0.3 is 99.7 Å². The van der Waals surface area contributed by atoms with Crippen LogP contribution in [0.3, 0.4) is 0 Å². The maximum Gasteiger partial charge on any atom is 0.246 e. The number of unbranched alkanes of at least 4 members (excludes halogenated alkanes) is 2. The molecule has 0 spiro atoms. The van der Waals surface area contributed by atoms with Crippen LogP contribution < -0.4 is 75.7 Å². The highest BCUT2D eigenvalue weighted by Gasteiger charge is 2.44. The number of aliphatic hydroxyl groups excluding tert-OH is 1. The summed E-state index contributed by atoms with van der Waals surface area (Å²) >= 11 is 0. The van der Waals surface area contributed by atoms with E-state index >= 15 is 9.59 Å². The van der Waals surface area contributed by atoms with Gasteiger partial charge in [-0.05, 0) is 117 Å². The van der Waals surface area contributed by atoms with E-state index in [9.17, 15) is 62.6 Å². The Morgan fingerprint density at radius 1 is 0.569 bits per heavy atom. The number of primary amides is 2. The number of aromatic nitrogens is 2. The summed E-state index contributed by atoms with van der Waals surface area (Å²) in [5, 5.41) is 56.2. The minimum atomic E-state index is -1.74. The lowest BCUT2D eigenvalue weighted by molar-refractivity contribution is -0.142. The molecule has 123 heavy (non-hydrogen) atoms. The summed E-state index contributed by atoms with van der Waals surface area (Å²) in [4.78, 5) is 200. The third-order valence-corrected chi connectivity index (χ3v) is 22.8. The number of hydrogen-bond acceptors (Lipinski definition) is 25. The number of carbonyl (C=O) groups is 14. The van der Waals surface area contributed by atoms with Gasteiger partial charge in [-0.15, -0.1) is 10.2 Å². The van der Waals surface area contributed by atoms with Gasteiger partial charge in [0.05, 0.1) is 32.3 Å². The third-order valence-electron chi connectivity index (χ3n) is 20.4. The summed E-state index contributed by atoms with van der Waals surface area (Å²) in [6, 6.07) is 13.8. The fourth-order valence-electron chi connectivity index (χ4n) is 13.5. The Hall–Kier alpha value is -10.8. The first-order chi connectivity index (χ1) is 58.9. The van der Waals surface area contributed by atoms with Crippen molar-refractivity contribution in [1.82, 2.24) is 72.9 Å². The van der Waals surface area contributed by atoms with Gasteiger partial charge in [-0.3, -0.25) is 67.1 Å². The number of carbonyl (C=O) groups excluding carboxylic acids is 14. The Morgan fingerprint density at radius 3 is 1.69 bits per heavy atom. The number of nitrogens with two attached hydrogens (primary N) is 3. The zero-order valence-corrected chi connectivity index (χ0v) is 72.7. The van der Waals surface area contributed by atoms with Crippen LogP contribution in [0, 0.1) is 11.8 Å². The SMILES string of the molecule is CC[C@H](C)CC(=O)N[C@@H](CCCCNC(=O)COCCOCCNC(C)=O)C(=O)N[C@@H](CCc1ccccc1)CC(=O)N[C@H](CCCCN)C(=O)N[C@@H](CSSC[C@H](NC(=O)[C@@H]1CCCN1C(=O)[C@@H](NC(=O)[C@H](Cc1cncn1C)NC(=O)[C@@H](NC(=O)[C@H](CC1N=NN=N1)NC(=O)CC(C)C)[C@@H](C)O)C(c1ccccc1)c1ccccc1)C(N)=O)C(N)=O. The standard InChI is InChI=1S/C83H123N21O17S2/c1-8-52(4)42-69(108)91-60(30-19-21-35-89-71(110)47-121-40-39-120-38-36-88-54(6)106)77(113)90-58(33-32-55-23-12-9-13-24-55)43-70(109)92-61(29-18-20-34-84)78(114)95-64(75(85)111)48-122-123-49-65(76(86)112)96-81(117)66-31-22-37-104(66)83(119)74(72(56-25-14-10-15-26-56)57-27-16-11-17-28-57)98-79(115)62(44-59-46-87-50-103(59)7)94-82(118)73(53(5)105)97-80(116)63(45-67-99-101-102-100-67)93-68(107)41-51(2)3/h9-17,23-28,46,50-53,58,60-67,72-74,105H,8,18-22,29-45,47-49,84H2,1-7H3,(H2,85,111)(H2,86,112)(H,88,106)(H,89,110)(H,90,113)(H,91,108)(H,92,109)(H,93,107)(H,94,118)(H,95,114)(H,96,117)(H,97,116)(H,98,115)/t52-,53+,58-,60-,61+,62-,63-,64-,65-,66-,73-,74-/m0/s1. The average molecular weight is 1750 g/mol. The van der Waals surface area contributed by atoms with Gasteiger partial charge in [-0.1, -0.05) is 147 Å². The Bertz CT molecular complexity index is 4080. The molecule has 14 amide bonds. The van der Waals surface area contributed by atoms with Gasteiger partial charge in [0.1, 0.15) is 61.0 Å². The molecule has 1 saturated heterocycles. The number of nitrogens with one attached hydrogen (secondary N) is 11. The molecule has 0 radical (unpaired) electrons. The van der Waals surface area contributed by atoms with Gasteiger partial charge in [-0.25, -0.2) is 4.98 Å². The number of ether oxygens (including phenoxy) is 2. The Labute approximate surface area is 724 Å². The van der Waals surface area contributed by atoms with Crippen molar-refractivity contribution in [3.05, 3.63) is 126 Å². The van der Waals surface area contributed by atoms with E-state index in [1.54, 1.807) is 72.3 Å². The minimum absolute atomic E-state index is 0.00367. The number of rotatable bonds is 58. The molecular formula is C83H123N21O17S2. The minimum Gasteiger partial charge on any atom is -0.391 e. The van der Waals surface area contributed by atoms with Crippen molar-refractivity contribution in [2.75, 3.05) is 64.1 Å². The molecular weight excluding hydrogens is 1630 g/mol. The van der Waals surface area contributed by atoms with E-state index in [1.807, 2.05) is 58.0 Å². The zero-order valence-electron chi connectivity index (χ0n) is 71.0. The predicted molar refractivity (Wildman–Crippen MR) is 460 cm³/mol. The molecule has 3 aromatic carbocycles. The van der Waals surface area contributed by atoms with E-state index < -0.39 is 144 Å². The molecule has 0 unspecified atom stereocenters. The molecule has 674 valence electrons. The molecule has 38 nitrogen and oxygen atoms in total. The van der Waals surface area contributed by atoms with Crippen LogP contribution in [-0.2, 0) is 96.5 Å². The van der Waals surface area contributed by atoms with E-state index in [0.717, 1.165) is 33.6 Å². The molecule has 0 saturated carbocycles. The second kappa shape index (κ2) is 54.6. The van der Waals surface area contributed by atoms with Crippen molar-refractivity contribution >= 4 is 104 Å². The molecule has 6 rings (SSSR count). The maximum atomic E-state index is 15.8. The summed E-state index contributed by atoms with van der Waals surface area (Å²) in [5.41, 5.74) is 20.2. The number of likely N-dealkylation sites (tertiary alicyclic amines) is 1. The van der Waals surface area contributed by atoms with Crippen molar-refractivity contribution in [1.29, 1.82) is 0 Å². The smallest absolute Gasteiger partial charge is 0.246 e. The molecule has 2 aliphatic heterocycles. The van der Waals surface area contributed by atoms with Gasteiger partial charge in [0.25, 0.3) is 0 Å². The van der Waals surface area contributed by atoms with Gasteiger partial charge in [0.15, 0.2) is 6.17 Å². The number of aryl methyl sites for hydroxylation is 2. The fourth-order valence-corrected chi connectivity index (χ4v) is 15.9. The van der Waals surface area contributed by atoms with Gasteiger partial charge in [0.2, 0.25) is 82.7 Å². The summed E-state index contributed by atoms with van der Waals surface area (Å²) in [6.45, 7) is 11.5. The third kappa shape index (κ3) is 36.6. The topological polar surface area (TPSA) is 559 Å². The number of amides is 14. The average Bonchev–Trinajstić information content (AvgIpc) is 1.77. The number of benzene rings is 3. The van der Waals surface area contributed by atoms with Crippen molar-refractivity contribution in [3.63, 3.8) is 0 Å². The fraction of sp³-hybridized carbons (Fsp3) is 0.578. The van der Waals surface area contributed by atoms with Gasteiger partial charge >= 0.3 is 0 Å². The molecule has 1 fully saturated rings. The van der Waals surface area contributed by atoms with Gasteiger partial charge in [-0.2, -0.15) is 0 Å². The van der Waals surface area contributed by atoms with E-state index in [-0.39, 0.29) is 138 Å². The van der Waals surface area contributed by atoms with E-state index in [0.29, 0.717) is 68.5 Å². The van der Waals surface area contributed by atoms with Crippen LogP contribution in [0.25, 0.3) is 0 Å². The first-order valence-corrected chi connectivity index (χ1v) is 44.2. The van der Waals surface area contributed by atoms with Crippen LogP contribution in [0.2, 0.25) is 0 Å². The molecule has 1 aromatic heterocycles. The van der Waals surface area contributed by atoms with E-state index in [4.69, 9.17) is 26.7 Å². The monoisotopic (exact) mass is 1750 g/mol. The second-order valence-electron chi connectivity index (χ2n) is 31.0. The van der Waals surface area contributed by atoms with Crippen LogP contribution in [0.1, 0.15) is 160 Å². The largest absolute Gasteiger partial charge is 0.391 e. The summed E-state index contributed by atoms with van der Waals surface area (Å²) in [5.74, 6) is -10.9. The lowest BCUT2D eigenvalue weighted by Gasteiger charge is -2.35. The number of aliphatic hydroxyl groups is 1.